The van der Waals surface area contributed by atoms with Gasteiger partial charge in [0.1, 0.15) is 4.21 Å². The summed E-state index contributed by atoms with van der Waals surface area (Å²) in [4.78, 5) is 1.21. The van der Waals surface area contributed by atoms with Crippen LogP contribution in [0.2, 0.25) is 0 Å². The van der Waals surface area contributed by atoms with Crippen molar-refractivity contribution in [3.63, 3.8) is 0 Å². The lowest BCUT2D eigenvalue weighted by atomic mass is 10.1. The Balaban J connectivity index is 2.24. The van der Waals surface area contributed by atoms with Crippen molar-refractivity contribution in [2.45, 2.75) is 15.6 Å². The Morgan fingerprint density at radius 1 is 0.950 bits per heavy atom. The van der Waals surface area contributed by atoms with Crippen molar-refractivity contribution in [1.82, 2.24) is 0 Å². The van der Waals surface area contributed by atoms with Crippen LogP contribution in [0.3, 0.4) is 0 Å². The molecule has 0 aliphatic heterocycles. The first-order chi connectivity index (χ1) is 9.63. The van der Waals surface area contributed by atoms with Crippen molar-refractivity contribution in [2.24, 2.45) is 5.73 Å². The van der Waals surface area contributed by atoms with Crippen LogP contribution in [-0.4, -0.2) is 8.42 Å². The number of hydrogen-bond acceptors (Lipinski definition) is 4. The lowest BCUT2D eigenvalue weighted by Gasteiger charge is -2.06. The third-order valence-corrected chi connectivity index (χ3v) is 6.55. The van der Waals surface area contributed by atoms with Crippen LogP contribution < -0.4 is 5.73 Å². The van der Waals surface area contributed by atoms with E-state index in [4.69, 9.17) is 5.73 Å². The molecular formula is C15H13NO2S2. The molecule has 3 rings (SSSR count). The molecule has 5 heteroatoms. The van der Waals surface area contributed by atoms with E-state index < -0.39 is 9.84 Å². The first-order valence-electron chi connectivity index (χ1n) is 6.14. The molecule has 0 amide bonds. The molecule has 0 saturated heterocycles. The van der Waals surface area contributed by atoms with Crippen molar-refractivity contribution in [1.29, 1.82) is 0 Å². The van der Waals surface area contributed by atoms with Gasteiger partial charge in [-0.25, -0.2) is 8.42 Å². The van der Waals surface area contributed by atoms with Crippen LogP contribution in [0.4, 0.5) is 0 Å². The van der Waals surface area contributed by atoms with E-state index in [1.807, 2.05) is 30.3 Å². The summed E-state index contributed by atoms with van der Waals surface area (Å²) in [6.07, 6.45) is 0. The Morgan fingerprint density at radius 3 is 2.45 bits per heavy atom. The van der Waals surface area contributed by atoms with Crippen LogP contribution in [0, 0.1) is 0 Å². The summed E-state index contributed by atoms with van der Waals surface area (Å²) >= 11 is 1.23. The molecule has 3 aromatic rings. The van der Waals surface area contributed by atoms with Crippen molar-refractivity contribution in [3.05, 3.63) is 59.5 Å². The van der Waals surface area contributed by atoms with E-state index >= 15 is 0 Å². The molecule has 0 saturated carbocycles. The smallest absolute Gasteiger partial charge is 0.216 e. The summed E-state index contributed by atoms with van der Waals surface area (Å²) in [6.45, 7) is 0.357. The standard InChI is InChI=1S/C15H13NO2S2/c16-10-12-8-9-15(19-12)20(17,18)14-7-3-5-11-4-1-2-6-13(11)14/h1-9H,10,16H2. The van der Waals surface area contributed by atoms with Crippen molar-refractivity contribution >= 4 is 31.9 Å². The monoisotopic (exact) mass is 303 g/mol. The number of hydrogen-bond donors (Lipinski definition) is 1. The molecule has 20 heavy (non-hydrogen) atoms. The SMILES string of the molecule is NCc1ccc(S(=O)(=O)c2cccc3ccccc23)s1. The zero-order chi connectivity index (χ0) is 14.2. The van der Waals surface area contributed by atoms with Gasteiger partial charge in [0, 0.05) is 16.8 Å². The van der Waals surface area contributed by atoms with Gasteiger partial charge in [0.05, 0.1) is 4.90 Å². The average Bonchev–Trinajstić information content (AvgIpc) is 2.96. The van der Waals surface area contributed by atoms with Gasteiger partial charge in [-0.2, -0.15) is 0 Å². The molecule has 102 valence electrons. The normalized spacial score (nSPS) is 11.8. The molecule has 2 N–H and O–H groups in total. The minimum atomic E-state index is -3.49. The molecular weight excluding hydrogens is 290 g/mol. The van der Waals surface area contributed by atoms with Gasteiger partial charge in [-0.1, -0.05) is 36.4 Å². The van der Waals surface area contributed by atoms with Crippen LogP contribution in [0.5, 0.6) is 0 Å². The first kappa shape index (κ1) is 13.3. The molecule has 1 heterocycles. The highest BCUT2D eigenvalue weighted by Crippen LogP contribution is 2.31. The van der Waals surface area contributed by atoms with Crippen LogP contribution in [-0.2, 0) is 16.4 Å². The van der Waals surface area contributed by atoms with Gasteiger partial charge >= 0.3 is 0 Å². The van der Waals surface area contributed by atoms with Gasteiger partial charge in [-0.3, -0.25) is 0 Å². The molecule has 3 nitrogen and oxygen atoms in total. The van der Waals surface area contributed by atoms with E-state index in [2.05, 4.69) is 0 Å². The number of benzene rings is 2. The summed E-state index contributed by atoms with van der Waals surface area (Å²) in [5, 5.41) is 1.67. The predicted molar refractivity (Wildman–Crippen MR) is 81.6 cm³/mol. The van der Waals surface area contributed by atoms with E-state index in [9.17, 15) is 8.42 Å². The first-order valence-corrected chi connectivity index (χ1v) is 8.44. The molecule has 2 aromatic carbocycles. The van der Waals surface area contributed by atoms with E-state index in [0.29, 0.717) is 15.6 Å². The number of rotatable bonds is 3. The van der Waals surface area contributed by atoms with E-state index in [1.165, 1.54) is 11.3 Å². The zero-order valence-electron chi connectivity index (χ0n) is 10.6. The Labute approximate surface area is 121 Å². The maximum Gasteiger partial charge on any atom is 0.216 e. The molecule has 0 spiro atoms. The fourth-order valence-electron chi connectivity index (χ4n) is 2.15. The van der Waals surface area contributed by atoms with E-state index in [-0.39, 0.29) is 0 Å². The predicted octanol–water partition coefficient (Wildman–Crippen LogP) is 3.19. The second kappa shape index (κ2) is 5.01. The van der Waals surface area contributed by atoms with Gasteiger partial charge in [0.25, 0.3) is 0 Å². The largest absolute Gasteiger partial charge is 0.326 e. The third kappa shape index (κ3) is 2.14. The van der Waals surface area contributed by atoms with Crippen molar-refractivity contribution in [2.75, 3.05) is 0 Å². The highest BCUT2D eigenvalue weighted by molar-refractivity contribution is 7.93. The number of thiophene rings is 1. The molecule has 0 atom stereocenters. The molecule has 0 radical (unpaired) electrons. The zero-order valence-corrected chi connectivity index (χ0v) is 12.2. The molecule has 0 unspecified atom stereocenters. The number of fused-ring (bicyclic) bond motifs is 1. The van der Waals surface area contributed by atoms with Gasteiger partial charge in [0.15, 0.2) is 0 Å². The summed E-state index contributed by atoms with van der Waals surface area (Å²) in [7, 11) is -3.49. The third-order valence-electron chi connectivity index (χ3n) is 3.14. The number of nitrogens with two attached hydrogens (primary N) is 1. The Kier molecular flexibility index (Phi) is 3.33. The highest BCUT2D eigenvalue weighted by atomic mass is 32.2. The Morgan fingerprint density at radius 2 is 1.70 bits per heavy atom. The quantitative estimate of drug-likeness (QED) is 0.808. The Hall–Kier alpha value is -1.69. The van der Waals surface area contributed by atoms with Gasteiger partial charge in [-0.15, -0.1) is 11.3 Å². The van der Waals surface area contributed by atoms with Crippen LogP contribution in [0.25, 0.3) is 10.8 Å². The maximum absolute atomic E-state index is 12.7. The van der Waals surface area contributed by atoms with Gasteiger partial charge in [0.2, 0.25) is 9.84 Å². The fraction of sp³-hybridized carbons (Fsp3) is 0.0667. The van der Waals surface area contributed by atoms with E-state index in [0.717, 1.165) is 15.6 Å². The second-order valence-electron chi connectivity index (χ2n) is 4.41. The molecule has 0 aliphatic carbocycles. The highest BCUT2D eigenvalue weighted by Gasteiger charge is 2.21. The van der Waals surface area contributed by atoms with Gasteiger partial charge < -0.3 is 5.73 Å². The minimum absolute atomic E-state index is 0.342. The fourth-order valence-corrected chi connectivity index (χ4v) is 4.99. The molecule has 0 fully saturated rings. The van der Waals surface area contributed by atoms with Crippen molar-refractivity contribution in [3.8, 4) is 0 Å². The summed E-state index contributed by atoms with van der Waals surface area (Å²) in [6, 6.07) is 16.2. The minimum Gasteiger partial charge on any atom is -0.326 e. The van der Waals surface area contributed by atoms with Crippen LogP contribution in [0.1, 0.15) is 4.88 Å². The second-order valence-corrected chi connectivity index (χ2v) is 7.72. The summed E-state index contributed by atoms with van der Waals surface area (Å²) in [5.41, 5.74) is 5.55. The lowest BCUT2D eigenvalue weighted by molar-refractivity contribution is 0.599. The van der Waals surface area contributed by atoms with Crippen molar-refractivity contribution < 1.29 is 8.42 Å². The summed E-state index contributed by atoms with van der Waals surface area (Å²) < 4.78 is 25.8. The van der Waals surface area contributed by atoms with Crippen LogP contribution in [0.15, 0.2) is 63.7 Å². The summed E-state index contributed by atoms with van der Waals surface area (Å²) in [5.74, 6) is 0. The molecule has 0 aliphatic rings. The topological polar surface area (TPSA) is 60.2 Å². The Bertz CT molecular complexity index is 861. The number of sulfone groups is 1. The lowest BCUT2D eigenvalue weighted by Crippen LogP contribution is -2.00. The van der Waals surface area contributed by atoms with Crippen LogP contribution >= 0.6 is 11.3 Å². The average molecular weight is 303 g/mol. The van der Waals surface area contributed by atoms with E-state index in [1.54, 1.807) is 24.3 Å². The van der Waals surface area contributed by atoms with Gasteiger partial charge in [-0.05, 0) is 23.6 Å². The molecule has 1 aromatic heterocycles. The maximum atomic E-state index is 12.7. The molecule has 0 bridgehead atoms.